The molecule has 1 aliphatic rings. The molecule has 1 unspecified atom stereocenters. The van der Waals surface area contributed by atoms with E-state index in [1.54, 1.807) is 0 Å². The van der Waals surface area contributed by atoms with Crippen molar-refractivity contribution in [1.29, 1.82) is 0 Å². The van der Waals surface area contributed by atoms with Gasteiger partial charge >= 0.3 is 12.1 Å². The highest BCUT2D eigenvalue weighted by Crippen LogP contribution is 2.44. The van der Waals surface area contributed by atoms with Crippen LogP contribution in [0.2, 0.25) is 0 Å². The van der Waals surface area contributed by atoms with Crippen LogP contribution in [-0.4, -0.2) is 47.8 Å². The van der Waals surface area contributed by atoms with Crippen molar-refractivity contribution in [2.24, 2.45) is 5.92 Å². The molecule has 1 heterocycles. The van der Waals surface area contributed by atoms with Gasteiger partial charge in [-0.2, -0.15) is 0 Å². The number of carboxylic acids is 1. The summed E-state index contributed by atoms with van der Waals surface area (Å²) in [5.74, 6) is -1.27. The van der Waals surface area contributed by atoms with Crippen molar-refractivity contribution in [1.82, 2.24) is 15.6 Å². The van der Waals surface area contributed by atoms with Crippen LogP contribution in [0.5, 0.6) is 0 Å². The first-order valence-electron chi connectivity index (χ1n) is 11.5. The van der Waals surface area contributed by atoms with E-state index < -0.39 is 12.1 Å². The van der Waals surface area contributed by atoms with Gasteiger partial charge in [-0.3, -0.25) is 4.79 Å². The van der Waals surface area contributed by atoms with Gasteiger partial charge in [0.05, 0.1) is 5.01 Å². The highest BCUT2D eigenvalue weighted by molar-refractivity contribution is 7.09. The van der Waals surface area contributed by atoms with Gasteiger partial charge in [0.15, 0.2) is 5.69 Å². The average Bonchev–Trinajstić information content (AvgIpc) is 3.45. The van der Waals surface area contributed by atoms with Gasteiger partial charge in [-0.1, -0.05) is 55.5 Å². The molecule has 35 heavy (non-hydrogen) atoms. The lowest BCUT2D eigenvalue weighted by Gasteiger charge is -2.16. The minimum atomic E-state index is -1.06. The number of nitrogens with zero attached hydrogens (tertiary/aromatic N) is 1. The van der Waals surface area contributed by atoms with Crippen LogP contribution in [-0.2, 0) is 16.0 Å². The molecule has 1 aliphatic carbocycles. The first kappa shape index (κ1) is 24.4. The van der Waals surface area contributed by atoms with Crippen molar-refractivity contribution in [3.63, 3.8) is 0 Å². The number of amides is 2. The SMILES string of the molecule is CC(CNC(=O)OCC1c2ccccc2-c2ccccc21)CC(=O)NCCc1nc(C(=O)O)cs1. The Kier molecular flexibility index (Phi) is 7.77. The lowest BCUT2D eigenvalue weighted by Crippen LogP contribution is -2.33. The zero-order chi connectivity index (χ0) is 24.8. The normalized spacial score (nSPS) is 12.9. The topological polar surface area (TPSA) is 118 Å². The van der Waals surface area contributed by atoms with Crippen molar-refractivity contribution >= 4 is 29.3 Å². The molecule has 2 amide bonds. The molecule has 1 atom stereocenters. The van der Waals surface area contributed by atoms with Crippen LogP contribution in [0.4, 0.5) is 4.79 Å². The molecule has 2 aromatic carbocycles. The summed E-state index contributed by atoms with van der Waals surface area (Å²) in [6, 6.07) is 16.3. The van der Waals surface area contributed by atoms with E-state index in [1.807, 2.05) is 31.2 Å². The molecule has 3 aromatic rings. The number of carboxylic acid groups (broad SMARTS) is 1. The minimum Gasteiger partial charge on any atom is -0.476 e. The van der Waals surface area contributed by atoms with E-state index in [9.17, 15) is 14.4 Å². The molecule has 0 bridgehead atoms. The van der Waals surface area contributed by atoms with Gasteiger partial charge in [0, 0.05) is 37.2 Å². The van der Waals surface area contributed by atoms with Crippen molar-refractivity contribution in [2.75, 3.05) is 19.7 Å². The summed E-state index contributed by atoms with van der Waals surface area (Å²) in [4.78, 5) is 39.3. The molecule has 0 saturated carbocycles. The third-order valence-corrected chi connectivity index (χ3v) is 6.81. The average molecular weight is 494 g/mol. The Morgan fingerprint density at radius 2 is 1.71 bits per heavy atom. The van der Waals surface area contributed by atoms with E-state index in [-0.39, 0.29) is 36.5 Å². The first-order valence-corrected chi connectivity index (χ1v) is 12.3. The summed E-state index contributed by atoms with van der Waals surface area (Å²) in [5.41, 5.74) is 4.68. The van der Waals surface area contributed by atoms with E-state index in [2.05, 4.69) is 39.9 Å². The quantitative estimate of drug-likeness (QED) is 0.392. The Labute approximate surface area is 207 Å². The monoisotopic (exact) mass is 493 g/mol. The van der Waals surface area contributed by atoms with Crippen LogP contribution >= 0.6 is 11.3 Å². The molecule has 0 saturated heterocycles. The van der Waals surface area contributed by atoms with E-state index in [4.69, 9.17) is 9.84 Å². The molecular formula is C26H27N3O5S. The Bertz CT molecular complexity index is 1180. The lowest BCUT2D eigenvalue weighted by molar-refractivity contribution is -0.121. The van der Waals surface area contributed by atoms with Gasteiger partial charge in [-0.05, 0) is 28.2 Å². The molecular weight excluding hydrogens is 466 g/mol. The summed E-state index contributed by atoms with van der Waals surface area (Å²) in [6.45, 7) is 2.81. The van der Waals surface area contributed by atoms with Gasteiger partial charge < -0.3 is 20.5 Å². The fourth-order valence-corrected chi connectivity index (χ4v) is 4.97. The van der Waals surface area contributed by atoms with Gasteiger partial charge in [-0.15, -0.1) is 11.3 Å². The molecule has 3 N–H and O–H groups in total. The molecule has 0 spiro atoms. The maximum Gasteiger partial charge on any atom is 0.407 e. The van der Waals surface area contributed by atoms with Crippen molar-refractivity contribution < 1.29 is 24.2 Å². The number of hydrogen-bond donors (Lipinski definition) is 3. The zero-order valence-electron chi connectivity index (χ0n) is 19.3. The molecule has 4 rings (SSSR count). The van der Waals surface area contributed by atoms with E-state index in [0.29, 0.717) is 24.5 Å². The summed E-state index contributed by atoms with van der Waals surface area (Å²) in [6.07, 6.45) is 0.218. The smallest absolute Gasteiger partial charge is 0.407 e. The first-order chi connectivity index (χ1) is 16.9. The second kappa shape index (κ2) is 11.1. The van der Waals surface area contributed by atoms with E-state index in [0.717, 1.165) is 11.1 Å². The summed E-state index contributed by atoms with van der Waals surface area (Å²) >= 11 is 1.26. The fraction of sp³-hybridized carbons (Fsp3) is 0.308. The van der Waals surface area contributed by atoms with Gasteiger partial charge in [0.1, 0.15) is 6.61 Å². The van der Waals surface area contributed by atoms with Crippen LogP contribution in [0.3, 0.4) is 0 Å². The standard InChI is InChI=1S/C26H27N3O5S/c1-16(12-23(30)27-11-10-24-29-22(15-35-24)25(31)32)13-28-26(33)34-14-21-19-8-4-2-6-17(19)18-7-3-5-9-20(18)21/h2-9,15-16,21H,10-14H2,1H3,(H,27,30)(H,28,33)(H,31,32). The number of fused-ring (bicyclic) bond motifs is 3. The van der Waals surface area contributed by atoms with Crippen LogP contribution in [0.15, 0.2) is 53.9 Å². The maximum absolute atomic E-state index is 12.3. The molecule has 182 valence electrons. The molecule has 1 aromatic heterocycles. The number of carbonyl (C=O) groups is 3. The highest BCUT2D eigenvalue weighted by Gasteiger charge is 2.29. The van der Waals surface area contributed by atoms with Crippen LogP contribution < -0.4 is 10.6 Å². The van der Waals surface area contributed by atoms with E-state index in [1.165, 1.54) is 27.8 Å². The highest BCUT2D eigenvalue weighted by atomic mass is 32.1. The largest absolute Gasteiger partial charge is 0.476 e. The molecule has 8 nitrogen and oxygen atoms in total. The second-order valence-corrected chi connectivity index (χ2v) is 9.49. The van der Waals surface area contributed by atoms with E-state index >= 15 is 0 Å². The number of thiazole rings is 1. The third kappa shape index (κ3) is 6.05. The van der Waals surface area contributed by atoms with Crippen LogP contribution in [0.25, 0.3) is 11.1 Å². The lowest BCUT2D eigenvalue weighted by atomic mass is 9.98. The Morgan fingerprint density at radius 3 is 2.34 bits per heavy atom. The summed E-state index contributed by atoms with van der Waals surface area (Å²) in [7, 11) is 0. The van der Waals surface area contributed by atoms with Crippen LogP contribution in [0, 0.1) is 5.92 Å². The van der Waals surface area contributed by atoms with Crippen molar-refractivity contribution in [2.45, 2.75) is 25.7 Å². The number of nitrogens with one attached hydrogen (secondary N) is 2. The number of hydrogen-bond acceptors (Lipinski definition) is 6. The van der Waals surface area contributed by atoms with Gasteiger partial charge in [0.25, 0.3) is 0 Å². The van der Waals surface area contributed by atoms with Crippen molar-refractivity contribution in [3.05, 3.63) is 75.7 Å². The number of benzene rings is 2. The van der Waals surface area contributed by atoms with Crippen LogP contribution in [0.1, 0.15) is 45.9 Å². The molecule has 0 aliphatic heterocycles. The summed E-state index contributed by atoms with van der Waals surface area (Å²) < 4.78 is 5.53. The number of aromatic carboxylic acids is 1. The second-order valence-electron chi connectivity index (χ2n) is 8.55. The maximum atomic E-state index is 12.3. The minimum absolute atomic E-state index is 0.000708. The predicted octanol–water partition coefficient (Wildman–Crippen LogP) is 4.06. The third-order valence-electron chi connectivity index (χ3n) is 5.90. The predicted molar refractivity (Wildman–Crippen MR) is 133 cm³/mol. The summed E-state index contributed by atoms with van der Waals surface area (Å²) in [5, 5.41) is 16.6. The number of rotatable bonds is 10. The van der Waals surface area contributed by atoms with Crippen molar-refractivity contribution in [3.8, 4) is 11.1 Å². The molecule has 0 radical (unpaired) electrons. The fourth-order valence-electron chi connectivity index (χ4n) is 4.20. The Hall–Kier alpha value is -3.72. The number of alkyl carbamates (subject to hydrolysis) is 1. The molecule has 0 fully saturated rings. The zero-order valence-corrected chi connectivity index (χ0v) is 20.1. The molecule has 9 heteroatoms. The number of ether oxygens (including phenoxy) is 1. The van der Waals surface area contributed by atoms with Gasteiger partial charge in [0.2, 0.25) is 5.91 Å². The van der Waals surface area contributed by atoms with Gasteiger partial charge in [-0.25, -0.2) is 14.6 Å². The number of carbonyl (C=O) groups excluding carboxylic acids is 2. The number of aromatic nitrogens is 1. The Balaban J connectivity index is 1.17. The Morgan fingerprint density at radius 1 is 1.06 bits per heavy atom.